The highest BCUT2D eigenvalue weighted by molar-refractivity contribution is 6.13. The summed E-state index contributed by atoms with van der Waals surface area (Å²) in [5.41, 5.74) is 0. The lowest BCUT2D eigenvalue weighted by Crippen LogP contribution is -2.20. The molecule has 1 aliphatic carbocycles. The number of nitrogens with zero attached hydrogens (tertiary/aromatic N) is 2. The molecule has 0 bridgehead atoms. The largest absolute Gasteiger partial charge is 0.297 e. The van der Waals surface area contributed by atoms with Gasteiger partial charge in [0.15, 0.2) is 12.6 Å². The van der Waals surface area contributed by atoms with Crippen molar-refractivity contribution in [3.63, 3.8) is 0 Å². The third kappa shape index (κ3) is 3.60. The maximum Gasteiger partial charge on any atom is 0.160 e. The predicted octanol–water partition coefficient (Wildman–Crippen LogP) is 0.837. The van der Waals surface area contributed by atoms with E-state index in [1.807, 2.05) is 0 Å². The highest BCUT2D eigenvalue weighted by Crippen LogP contribution is 2.22. The van der Waals surface area contributed by atoms with Gasteiger partial charge < -0.3 is 0 Å². The van der Waals surface area contributed by atoms with Gasteiger partial charge in [-0.15, -0.1) is 0 Å². The van der Waals surface area contributed by atoms with Gasteiger partial charge in [0, 0.05) is 0 Å². The lowest BCUT2D eigenvalue weighted by Gasteiger charge is -2.22. The molecule has 1 aliphatic rings. The molecular formula is C10H14N2O2. The van der Waals surface area contributed by atoms with Gasteiger partial charge in [-0.05, 0) is 25.7 Å². The van der Waals surface area contributed by atoms with Gasteiger partial charge in [0.1, 0.15) is 0 Å². The fraction of sp³-hybridized carbons (Fsp3) is 0.600. The summed E-state index contributed by atoms with van der Waals surface area (Å²) < 4.78 is 0. The first-order chi connectivity index (χ1) is 6.86. The zero-order valence-corrected chi connectivity index (χ0v) is 8.00. The Bertz CT molecular complexity index is 215. The molecule has 0 aliphatic heterocycles. The van der Waals surface area contributed by atoms with Gasteiger partial charge in [-0.3, -0.25) is 19.6 Å². The normalized spacial score (nSPS) is 28.3. The van der Waals surface area contributed by atoms with E-state index in [9.17, 15) is 9.59 Å². The fourth-order valence-electron chi connectivity index (χ4n) is 1.67. The van der Waals surface area contributed by atoms with Crippen LogP contribution in [0.4, 0.5) is 0 Å². The second-order valence-electron chi connectivity index (χ2n) is 3.33. The lowest BCUT2D eigenvalue weighted by atomic mass is 9.92. The molecule has 0 aromatic heterocycles. The van der Waals surface area contributed by atoms with Crippen LogP contribution in [0.3, 0.4) is 0 Å². The number of aldehydes is 2. The second kappa shape index (κ2) is 6.18. The van der Waals surface area contributed by atoms with E-state index in [1.54, 1.807) is 0 Å². The number of hydrogen-bond donors (Lipinski definition) is 0. The van der Waals surface area contributed by atoms with Gasteiger partial charge >= 0.3 is 0 Å². The first-order valence-corrected chi connectivity index (χ1v) is 4.80. The van der Waals surface area contributed by atoms with Crippen LogP contribution < -0.4 is 0 Å². The van der Waals surface area contributed by atoms with Crippen LogP contribution in [0.2, 0.25) is 0 Å². The first kappa shape index (κ1) is 10.8. The Morgan fingerprint density at radius 2 is 1.14 bits per heavy atom. The SMILES string of the molecule is O=CC=NC1CCC(N=CC=O)CC1. The molecule has 0 N–H and O–H groups in total. The van der Waals surface area contributed by atoms with Crippen LogP contribution in [0.15, 0.2) is 9.98 Å². The molecule has 0 radical (unpaired) electrons. The number of rotatable bonds is 4. The Hall–Kier alpha value is -1.32. The van der Waals surface area contributed by atoms with Gasteiger partial charge in [0.05, 0.1) is 24.5 Å². The Morgan fingerprint density at radius 1 is 0.786 bits per heavy atom. The van der Waals surface area contributed by atoms with E-state index < -0.39 is 0 Å². The molecule has 0 spiro atoms. The van der Waals surface area contributed by atoms with Gasteiger partial charge in [0.2, 0.25) is 0 Å². The van der Waals surface area contributed by atoms with Crippen molar-refractivity contribution >= 4 is 25.0 Å². The van der Waals surface area contributed by atoms with Crippen LogP contribution in [0.1, 0.15) is 25.7 Å². The third-order valence-corrected chi connectivity index (χ3v) is 2.38. The zero-order valence-electron chi connectivity index (χ0n) is 8.00. The van der Waals surface area contributed by atoms with E-state index in [4.69, 9.17) is 0 Å². The van der Waals surface area contributed by atoms with Crippen molar-refractivity contribution in [1.82, 2.24) is 0 Å². The van der Waals surface area contributed by atoms with Crippen molar-refractivity contribution in [2.24, 2.45) is 9.98 Å². The van der Waals surface area contributed by atoms with E-state index in [0.29, 0.717) is 12.6 Å². The van der Waals surface area contributed by atoms with Crippen LogP contribution in [-0.2, 0) is 9.59 Å². The molecule has 4 heteroatoms. The van der Waals surface area contributed by atoms with Gasteiger partial charge in [-0.25, -0.2) is 0 Å². The van der Waals surface area contributed by atoms with E-state index in [0.717, 1.165) is 25.7 Å². The summed E-state index contributed by atoms with van der Waals surface area (Å²) >= 11 is 0. The standard InChI is InChI=1S/C10H14N2O2/c13-7-5-11-9-1-2-10(4-3-9)12-6-8-14/h5-10H,1-4H2. The highest BCUT2D eigenvalue weighted by atomic mass is 16.1. The molecular weight excluding hydrogens is 180 g/mol. The van der Waals surface area contributed by atoms with Crippen molar-refractivity contribution < 1.29 is 9.59 Å². The number of carbonyl (C=O) groups is 2. The minimum atomic E-state index is 0.267. The molecule has 14 heavy (non-hydrogen) atoms. The monoisotopic (exact) mass is 194 g/mol. The minimum Gasteiger partial charge on any atom is -0.297 e. The summed E-state index contributed by atoms with van der Waals surface area (Å²) in [6, 6.07) is 0.533. The quantitative estimate of drug-likeness (QED) is 0.491. The number of aliphatic imine (C=N–C) groups is 2. The van der Waals surface area contributed by atoms with Gasteiger partial charge in [0.25, 0.3) is 0 Å². The summed E-state index contributed by atoms with van der Waals surface area (Å²) in [5.74, 6) is 0. The van der Waals surface area contributed by atoms with E-state index in [-0.39, 0.29) is 12.1 Å². The molecule has 1 rings (SSSR count). The summed E-state index contributed by atoms with van der Waals surface area (Å²) in [5, 5.41) is 0. The molecule has 0 aromatic carbocycles. The molecule has 1 fully saturated rings. The van der Waals surface area contributed by atoms with E-state index >= 15 is 0 Å². The summed E-state index contributed by atoms with van der Waals surface area (Å²) in [4.78, 5) is 28.3. The first-order valence-electron chi connectivity index (χ1n) is 4.80. The van der Waals surface area contributed by atoms with Crippen molar-refractivity contribution in [3.8, 4) is 0 Å². The maximum atomic E-state index is 10.0. The average molecular weight is 194 g/mol. The molecule has 76 valence electrons. The highest BCUT2D eigenvalue weighted by Gasteiger charge is 2.18. The average Bonchev–Trinajstić information content (AvgIpc) is 2.25. The molecule has 0 amide bonds. The van der Waals surface area contributed by atoms with Crippen LogP contribution in [-0.4, -0.2) is 37.1 Å². The van der Waals surface area contributed by atoms with Crippen molar-refractivity contribution in [3.05, 3.63) is 0 Å². The smallest absolute Gasteiger partial charge is 0.160 e. The molecule has 0 saturated heterocycles. The third-order valence-electron chi connectivity index (χ3n) is 2.38. The second-order valence-corrected chi connectivity index (χ2v) is 3.33. The summed E-state index contributed by atoms with van der Waals surface area (Å²) in [7, 11) is 0. The Morgan fingerprint density at radius 3 is 1.43 bits per heavy atom. The molecule has 0 unspecified atom stereocenters. The van der Waals surface area contributed by atoms with Crippen LogP contribution >= 0.6 is 0 Å². The van der Waals surface area contributed by atoms with Crippen LogP contribution in [0.5, 0.6) is 0 Å². The summed E-state index contributed by atoms with van der Waals surface area (Å²) in [6.45, 7) is 0. The number of carbonyl (C=O) groups excluding carboxylic acids is 2. The molecule has 4 nitrogen and oxygen atoms in total. The lowest BCUT2D eigenvalue weighted by molar-refractivity contribution is -0.103. The van der Waals surface area contributed by atoms with E-state index in [2.05, 4.69) is 9.98 Å². The van der Waals surface area contributed by atoms with Crippen LogP contribution in [0, 0.1) is 0 Å². The van der Waals surface area contributed by atoms with Gasteiger partial charge in [-0.2, -0.15) is 0 Å². The topological polar surface area (TPSA) is 58.9 Å². The van der Waals surface area contributed by atoms with Crippen molar-refractivity contribution in [2.45, 2.75) is 37.8 Å². The Labute approximate surface area is 83.1 Å². The van der Waals surface area contributed by atoms with Crippen molar-refractivity contribution in [2.75, 3.05) is 0 Å². The fourth-order valence-corrected chi connectivity index (χ4v) is 1.67. The van der Waals surface area contributed by atoms with Gasteiger partial charge in [-0.1, -0.05) is 0 Å². The van der Waals surface area contributed by atoms with Crippen LogP contribution in [0.25, 0.3) is 0 Å². The summed E-state index contributed by atoms with van der Waals surface area (Å²) in [6.07, 6.45) is 7.85. The molecule has 1 saturated carbocycles. The Balaban J connectivity index is 2.30. The van der Waals surface area contributed by atoms with E-state index in [1.165, 1.54) is 12.4 Å². The van der Waals surface area contributed by atoms with Crippen molar-refractivity contribution in [1.29, 1.82) is 0 Å². The predicted molar refractivity (Wildman–Crippen MR) is 55.2 cm³/mol. The molecule has 0 atom stereocenters. The zero-order chi connectivity index (χ0) is 10.2. The number of hydrogen-bond acceptors (Lipinski definition) is 4. The minimum absolute atomic E-state index is 0.267. The molecule has 0 aromatic rings. The Kier molecular flexibility index (Phi) is 4.75. The maximum absolute atomic E-state index is 10.0. The molecule has 0 heterocycles.